The highest BCUT2D eigenvalue weighted by atomic mass is 16.5. The maximum Gasteiger partial charge on any atom is 0.240 e. The van der Waals surface area contributed by atoms with Crippen LogP contribution in [0.15, 0.2) is 65.4 Å². The summed E-state index contributed by atoms with van der Waals surface area (Å²) in [6.07, 6.45) is 3.35. The maximum absolute atomic E-state index is 5.42. The van der Waals surface area contributed by atoms with Crippen LogP contribution in [0.5, 0.6) is 0 Å². The van der Waals surface area contributed by atoms with Crippen molar-refractivity contribution < 1.29 is 4.52 Å². The van der Waals surface area contributed by atoms with Gasteiger partial charge < -0.3 is 4.52 Å². The molecule has 0 saturated carbocycles. The minimum atomic E-state index is 0.273. The molecular formula is C20H17N5O. The second kappa shape index (κ2) is 6.31. The summed E-state index contributed by atoms with van der Waals surface area (Å²) in [7, 11) is 0. The predicted octanol–water partition coefficient (Wildman–Crippen LogP) is 3.28. The monoisotopic (exact) mass is 343 g/mol. The Balaban J connectivity index is 1.27. The van der Waals surface area contributed by atoms with Crippen LogP contribution in [0.3, 0.4) is 0 Å². The standard InChI is InChI=1S/C20H17N5O/c1-2-8-17-14(5-1)6-3-7-15(17)11-25-12-16(13-25)20-23-19(24-26-20)18-21-9-4-10-22-18/h1-10,16H,11-13H2. The van der Waals surface area contributed by atoms with Gasteiger partial charge in [-0.05, 0) is 22.4 Å². The van der Waals surface area contributed by atoms with E-state index < -0.39 is 0 Å². The Morgan fingerprint density at radius 2 is 1.73 bits per heavy atom. The number of hydrogen-bond acceptors (Lipinski definition) is 6. The molecule has 26 heavy (non-hydrogen) atoms. The Morgan fingerprint density at radius 3 is 2.62 bits per heavy atom. The molecule has 0 aliphatic carbocycles. The molecule has 4 aromatic rings. The van der Waals surface area contributed by atoms with Crippen LogP contribution in [-0.4, -0.2) is 38.1 Å². The molecule has 5 rings (SSSR count). The second-order valence-corrected chi connectivity index (χ2v) is 6.56. The van der Waals surface area contributed by atoms with Gasteiger partial charge in [0.1, 0.15) is 0 Å². The number of nitrogens with zero attached hydrogens (tertiary/aromatic N) is 5. The first kappa shape index (κ1) is 15.2. The number of aromatic nitrogens is 4. The Hall–Kier alpha value is -3.12. The Labute approximate surface area is 150 Å². The molecule has 6 nitrogen and oxygen atoms in total. The van der Waals surface area contributed by atoms with E-state index >= 15 is 0 Å². The van der Waals surface area contributed by atoms with Crippen molar-refractivity contribution in [1.29, 1.82) is 0 Å². The number of likely N-dealkylation sites (tertiary alicyclic amines) is 1. The highest BCUT2D eigenvalue weighted by Gasteiger charge is 2.33. The van der Waals surface area contributed by atoms with E-state index in [1.165, 1.54) is 16.3 Å². The molecule has 1 fully saturated rings. The Kier molecular flexibility index (Phi) is 3.68. The largest absolute Gasteiger partial charge is 0.338 e. The zero-order valence-electron chi connectivity index (χ0n) is 14.1. The molecule has 2 aromatic carbocycles. The maximum atomic E-state index is 5.42. The topological polar surface area (TPSA) is 67.9 Å². The number of benzene rings is 2. The lowest BCUT2D eigenvalue weighted by molar-refractivity contribution is 0.118. The molecule has 0 spiro atoms. The van der Waals surface area contributed by atoms with E-state index in [0.717, 1.165) is 19.6 Å². The minimum Gasteiger partial charge on any atom is -0.338 e. The molecule has 2 aromatic heterocycles. The minimum absolute atomic E-state index is 0.273. The van der Waals surface area contributed by atoms with Crippen LogP contribution in [0, 0.1) is 0 Å². The molecule has 3 heterocycles. The lowest BCUT2D eigenvalue weighted by atomic mass is 9.97. The summed E-state index contributed by atoms with van der Waals surface area (Å²) in [5, 5.41) is 6.61. The SMILES string of the molecule is c1cnc(-c2noc(C3CN(Cc4cccc5ccccc45)C3)n2)nc1. The van der Waals surface area contributed by atoms with Crippen molar-refractivity contribution in [2.75, 3.05) is 13.1 Å². The number of rotatable bonds is 4. The van der Waals surface area contributed by atoms with Gasteiger partial charge in [-0.1, -0.05) is 47.6 Å². The molecule has 0 unspecified atom stereocenters. The summed E-state index contributed by atoms with van der Waals surface area (Å²) < 4.78 is 5.42. The summed E-state index contributed by atoms with van der Waals surface area (Å²) in [4.78, 5) is 15.2. The van der Waals surface area contributed by atoms with E-state index in [0.29, 0.717) is 17.5 Å². The van der Waals surface area contributed by atoms with Crippen LogP contribution in [0.4, 0.5) is 0 Å². The van der Waals surface area contributed by atoms with Crippen molar-refractivity contribution in [3.05, 3.63) is 72.4 Å². The van der Waals surface area contributed by atoms with Gasteiger partial charge in [0.15, 0.2) is 0 Å². The zero-order chi connectivity index (χ0) is 17.3. The first-order valence-electron chi connectivity index (χ1n) is 8.67. The van der Waals surface area contributed by atoms with E-state index in [9.17, 15) is 0 Å². The van der Waals surface area contributed by atoms with E-state index in [-0.39, 0.29) is 5.92 Å². The Morgan fingerprint density at radius 1 is 0.923 bits per heavy atom. The van der Waals surface area contributed by atoms with Gasteiger partial charge in [-0.3, -0.25) is 4.90 Å². The Bertz CT molecular complexity index is 1030. The third-order valence-electron chi connectivity index (χ3n) is 4.79. The van der Waals surface area contributed by atoms with Gasteiger partial charge in [-0.2, -0.15) is 4.98 Å². The molecule has 0 radical (unpaired) electrons. The smallest absolute Gasteiger partial charge is 0.240 e. The van der Waals surface area contributed by atoms with Gasteiger partial charge in [-0.15, -0.1) is 0 Å². The fraction of sp³-hybridized carbons (Fsp3) is 0.200. The summed E-state index contributed by atoms with van der Waals surface area (Å²) in [6, 6.07) is 16.8. The highest BCUT2D eigenvalue weighted by Crippen LogP contribution is 2.29. The summed E-state index contributed by atoms with van der Waals surface area (Å²) in [6.45, 7) is 2.77. The highest BCUT2D eigenvalue weighted by molar-refractivity contribution is 5.85. The van der Waals surface area contributed by atoms with Crippen LogP contribution < -0.4 is 0 Å². The molecule has 0 amide bonds. The quantitative estimate of drug-likeness (QED) is 0.566. The first-order chi connectivity index (χ1) is 12.9. The van der Waals surface area contributed by atoms with Crippen molar-refractivity contribution in [3.8, 4) is 11.6 Å². The van der Waals surface area contributed by atoms with Crippen molar-refractivity contribution in [2.24, 2.45) is 0 Å². The van der Waals surface area contributed by atoms with E-state index in [4.69, 9.17) is 4.52 Å². The van der Waals surface area contributed by atoms with Crippen molar-refractivity contribution >= 4 is 10.8 Å². The van der Waals surface area contributed by atoms with E-state index in [1.807, 2.05) is 0 Å². The lowest BCUT2D eigenvalue weighted by Crippen LogP contribution is -2.44. The van der Waals surface area contributed by atoms with Gasteiger partial charge in [0.2, 0.25) is 17.5 Å². The van der Waals surface area contributed by atoms with Gasteiger partial charge >= 0.3 is 0 Å². The average molecular weight is 343 g/mol. The number of hydrogen-bond donors (Lipinski definition) is 0. The van der Waals surface area contributed by atoms with Crippen molar-refractivity contribution in [1.82, 2.24) is 25.0 Å². The zero-order valence-corrected chi connectivity index (χ0v) is 14.1. The third kappa shape index (κ3) is 2.74. The van der Waals surface area contributed by atoms with Crippen LogP contribution in [0.1, 0.15) is 17.4 Å². The van der Waals surface area contributed by atoms with Crippen LogP contribution in [-0.2, 0) is 6.54 Å². The van der Waals surface area contributed by atoms with Crippen LogP contribution in [0.25, 0.3) is 22.4 Å². The summed E-state index contributed by atoms with van der Waals surface area (Å²) in [5.74, 6) is 1.89. The third-order valence-corrected chi connectivity index (χ3v) is 4.79. The molecule has 0 atom stereocenters. The van der Waals surface area contributed by atoms with E-state index in [2.05, 4.69) is 67.5 Å². The van der Waals surface area contributed by atoms with Crippen LogP contribution in [0.2, 0.25) is 0 Å². The van der Waals surface area contributed by atoms with E-state index in [1.54, 1.807) is 18.5 Å². The van der Waals surface area contributed by atoms with Crippen LogP contribution >= 0.6 is 0 Å². The molecular weight excluding hydrogens is 326 g/mol. The van der Waals surface area contributed by atoms with Gasteiger partial charge in [0.05, 0.1) is 5.92 Å². The second-order valence-electron chi connectivity index (χ2n) is 6.56. The predicted molar refractivity (Wildman–Crippen MR) is 97.3 cm³/mol. The number of fused-ring (bicyclic) bond motifs is 1. The summed E-state index contributed by atoms with van der Waals surface area (Å²) in [5.41, 5.74) is 1.35. The normalized spacial score (nSPS) is 15.2. The fourth-order valence-corrected chi connectivity index (χ4v) is 3.43. The van der Waals surface area contributed by atoms with Gasteiger partial charge in [0, 0.05) is 32.0 Å². The average Bonchev–Trinajstić information content (AvgIpc) is 3.15. The molecule has 0 bridgehead atoms. The summed E-state index contributed by atoms with van der Waals surface area (Å²) >= 11 is 0. The molecule has 0 N–H and O–H groups in total. The van der Waals surface area contributed by atoms with Crippen molar-refractivity contribution in [2.45, 2.75) is 12.5 Å². The fourth-order valence-electron chi connectivity index (χ4n) is 3.43. The molecule has 1 saturated heterocycles. The molecule has 1 aliphatic rings. The van der Waals surface area contributed by atoms with Gasteiger partial charge in [-0.25, -0.2) is 9.97 Å². The molecule has 1 aliphatic heterocycles. The van der Waals surface area contributed by atoms with Gasteiger partial charge in [0.25, 0.3) is 0 Å². The molecule has 6 heteroatoms. The van der Waals surface area contributed by atoms with Crippen molar-refractivity contribution in [3.63, 3.8) is 0 Å². The first-order valence-corrected chi connectivity index (χ1v) is 8.67. The molecule has 128 valence electrons. The lowest BCUT2D eigenvalue weighted by Gasteiger charge is -2.37.